The maximum Gasteiger partial charge on any atom is 0.235 e. The number of benzene rings is 2. The lowest BCUT2D eigenvalue weighted by Gasteiger charge is -2.25. The van der Waals surface area contributed by atoms with Crippen LogP contribution in [0.2, 0.25) is 0 Å². The monoisotopic (exact) mass is 341 g/mol. The minimum atomic E-state index is -1.20. The van der Waals surface area contributed by atoms with Gasteiger partial charge in [-0.1, -0.05) is 72.8 Å². The molecule has 0 heterocycles. The lowest BCUT2D eigenvalue weighted by molar-refractivity contribution is -0.129. The van der Waals surface area contributed by atoms with Gasteiger partial charge < -0.3 is 4.90 Å². The molecule has 2 atom stereocenters. The molecular formula is C20H23NO2S. The molecular weight excluding hydrogens is 318 g/mol. The lowest BCUT2D eigenvalue weighted by Crippen LogP contribution is -2.33. The predicted octanol–water partition coefficient (Wildman–Crippen LogP) is 3.67. The zero-order chi connectivity index (χ0) is 17.4. The van der Waals surface area contributed by atoms with Crippen molar-refractivity contribution in [2.45, 2.75) is 13.0 Å². The number of hydrogen-bond acceptors (Lipinski definition) is 2. The minimum absolute atomic E-state index is 0.0319. The highest BCUT2D eigenvalue weighted by Gasteiger charge is 2.18. The van der Waals surface area contributed by atoms with E-state index in [4.69, 9.17) is 0 Å². The molecule has 24 heavy (non-hydrogen) atoms. The second-order valence-electron chi connectivity index (χ2n) is 5.66. The van der Waals surface area contributed by atoms with Crippen molar-refractivity contribution in [2.75, 3.05) is 18.6 Å². The summed E-state index contributed by atoms with van der Waals surface area (Å²) in [7, 11) is 0.566. The summed E-state index contributed by atoms with van der Waals surface area (Å²) >= 11 is 0. The second kappa shape index (κ2) is 9.18. The zero-order valence-corrected chi connectivity index (χ0v) is 14.9. The van der Waals surface area contributed by atoms with Crippen molar-refractivity contribution < 1.29 is 9.00 Å². The van der Waals surface area contributed by atoms with Crippen LogP contribution in [0.5, 0.6) is 0 Å². The molecule has 0 saturated carbocycles. The highest BCUT2D eigenvalue weighted by molar-refractivity contribution is 7.85. The van der Waals surface area contributed by atoms with Gasteiger partial charge in [0.1, 0.15) is 5.75 Å². The Labute approximate surface area is 146 Å². The number of carbonyl (C=O) groups is 1. The van der Waals surface area contributed by atoms with Crippen molar-refractivity contribution in [3.8, 4) is 0 Å². The molecule has 0 bridgehead atoms. The normalized spacial score (nSPS) is 13.6. The highest BCUT2D eigenvalue weighted by atomic mass is 32.2. The van der Waals surface area contributed by atoms with Crippen molar-refractivity contribution in [3.63, 3.8) is 0 Å². The molecule has 126 valence electrons. The molecule has 0 aliphatic heterocycles. The molecule has 0 aliphatic rings. The molecule has 0 radical (unpaired) electrons. The molecule has 0 aromatic heterocycles. The third-order valence-corrected chi connectivity index (χ3v) is 5.07. The van der Waals surface area contributed by atoms with E-state index >= 15 is 0 Å². The van der Waals surface area contributed by atoms with E-state index in [1.807, 2.05) is 79.7 Å². The van der Waals surface area contributed by atoms with Crippen molar-refractivity contribution in [1.82, 2.24) is 4.90 Å². The molecule has 3 nitrogen and oxygen atoms in total. The van der Waals surface area contributed by atoms with Gasteiger partial charge in [-0.05, 0) is 18.1 Å². The Bertz CT molecular complexity index is 698. The Morgan fingerprint density at radius 3 is 2.29 bits per heavy atom. The first-order chi connectivity index (χ1) is 11.6. The topological polar surface area (TPSA) is 37.4 Å². The van der Waals surface area contributed by atoms with Crippen molar-refractivity contribution in [3.05, 3.63) is 77.9 Å². The summed E-state index contributed by atoms with van der Waals surface area (Å²) < 4.78 is 12.1. The number of amides is 1. The Balaban J connectivity index is 1.84. The second-order valence-corrected chi connectivity index (χ2v) is 7.16. The summed E-state index contributed by atoms with van der Waals surface area (Å²) in [5.41, 5.74) is 2.14. The van der Waals surface area contributed by atoms with Gasteiger partial charge in [0.15, 0.2) is 0 Å². The fourth-order valence-corrected chi connectivity index (χ4v) is 3.23. The fraction of sp³-hybridized carbons (Fsp3) is 0.250. The van der Waals surface area contributed by atoms with Crippen LogP contribution in [0.4, 0.5) is 0 Å². The van der Waals surface area contributed by atoms with Gasteiger partial charge in [0, 0.05) is 23.6 Å². The third kappa shape index (κ3) is 5.46. The Kier molecular flexibility index (Phi) is 6.94. The van der Waals surface area contributed by atoms with Gasteiger partial charge in [0.05, 0.1) is 6.04 Å². The largest absolute Gasteiger partial charge is 0.338 e. The summed E-state index contributed by atoms with van der Waals surface area (Å²) in [5, 5.41) is 0. The summed E-state index contributed by atoms with van der Waals surface area (Å²) in [6.45, 7) is 1.98. The molecule has 0 aliphatic carbocycles. The van der Waals surface area contributed by atoms with Crippen LogP contribution in [-0.4, -0.2) is 33.6 Å². The Morgan fingerprint density at radius 1 is 1.08 bits per heavy atom. The van der Waals surface area contributed by atoms with E-state index in [-0.39, 0.29) is 17.7 Å². The van der Waals surface area contributed by atoms with Crippen LogP contribution < -0.4 is 0 Å². The van der Waals surface area contributed by atoms with Crippen LogP contribution in [0.15, 0.2) is 66.7 Å². The van der Waals surface area contributed by atoms with Gasteiger partial charge in [-0.2, -0.15) is 0 Å². The molecule has 2 rings (SSSR count). The molecule has 0 fully saturated rings. The van der Waals surface area contributed by atoms with Gasteiger partial charge in [-0.15, -0.1) is 0 Å². The molecule has 0 N–H and O–H groups in total. The Hall–Kier alpha value is -2.20. The fourth-order valence-electron chi connectivity index (χ4n) is 2.33. The van der Waals surface area contributed by atoms with E-state index in [0.717, 1.165) is 11.1 Å². The van der Waals surface area contributed by atoms with Gasteiger partial charge >= 0.3 is 0 Å². The summed E-state index contributed by atoms with van der Waals surface area (Å²) in [6.07, 6.45) is 3.79. The SMILES string of the molecule is C[C@H](c1ccccc1)N(C)C(=O)C[S@@](=O)C/C=C\c1ccccc1. The van der Waals surface area contributed by atoms with E-state index in [1.165, 1.54) is 0 Å². The van der Waals surface area contributed by atoms with E-state index < -0.39 is 10.8 Å². The number of carbonyl (C=O) groups excluding carboxylic acids is 1. The summed E-state index contributed by atoms with van der Waals surface area (Å²) in [6, 6.07) is 19.7. The molecule has 2 aromatic rings. The van der Waals surface area contributed by atoms with Gasteiger partial charge in [-0.25, -0.2) is 0 Å². The summed E-state index contributed by atoms with van der Waals surface area (Å²) in [4.78, 5) is 14.0. The molecule has 0 saturated heterocycles. The Morgan fingerprint density at radius 2 is 1.67 bits per heavy atom. The van der Waals surface area contributed by atoms with Gasteiger partial charge in [-0.3, -0.25) is 9.00 Å². The lowest BCUT2D eigenvalue weighted by atomic mass is 10.1. The first kappa shape index (κ1) is 18.1. The molecule has 4 heteroatoms. The van der Waals surface area contributed by atoms with Crippen LogP contribution in [0.25, 0.3) is 6.08 Å². The first-order valence-corrected chi connectivity index (χ1v) is 9.44. The van der Waals surface area contributed by atoms with E-state index in [1.54, 1.807) is 11.9 Å². The van der Waals surface area contributed by atoms with E-state index in [0.29, 0.717) is 5.75 Å². The molecule has 0 spiro atoms. The highest BCUT2D eigenvalue weighted by Crippen LogP contribution is 2.18. The predicted molar refractivity (Wildman–Crippen MR) is 101 cm³/mol. The van der Waals surface area contributed by atoms with Crippen LogP contribution >= 0.6 is 0 Å². The number of rotatable bonds is 7. The number of hydrogen-bond donors (Lipinski definition) is 0. The smallest absolute Gasteiger partial charge is 0.235 e. The van der Waals surface area contributed by atoms with Crippen molar-refractivity contribution in [1.29, 1.82) is 0 Å². The van der Waals surface area contributed by atoms with Crippen LogP contribution in [0.1, 0.15) is 24.1 Å². The van der Waals surface area contributed by atoms with Gasteiger partial charge in [0.25, 0.3) is 0 Å². The standard InChI is InChI=1S/C20H23NO2S/c1-17(19-13-7-4-8-14-19)21(2)20(22)16-24(23)15-9-12-18-10-5-3-6-11-18/h3-14,17H,15-16H2,1-2H3/b12-9-/t17-,24+/m1/s1. The minimum Gasteiger partial charge on any atom is -0.338 e. The molecule has 2 aromatic carbocycles. The van der Waals surface area contributed by atoms with E-state index in [2.05, 4.69) is 0 Å². The maximum absolute atomic E-state index is 12.3. The van der Waals surface area contributed by atoms with Crippen LogP contribution in [0, 0.1) is 0 Å². The first-order valence-electron chi connectivity index (χ1n) is 7.95. The van der Waals surface area contributed by atoms with Crippen molar-refractivity contribution >= 4 is 22.8 Å². The van der Waals surface area contributed by atoms with E-state index in [9.17, 15) is 9.00 Å². The average molecular weight is 341 g/mol. The molecule has 1 amide bonds. The van der Waals surface area contributed by atoms with Gasteiger partial charge in [0.2, 0.25) is 5.91 Å². The maximum atomic E-state index is 12.3. The van der Waals surface area contributed by atoms with Crippen molar-refractivity contribution in [2.24, 2.45) is 0 Å². The zero-order valence-electron chi connectivity index (χ0n) is 14.1. The molecule has 0 unspecified atom stereocenters. The quantitative estimate of drug-likeness (QED) is 0.770. The third-order valence-electron chi connectivity index (χ3n) is 3.93. The number of nitrogens with zero attached hydrogens (tertiary/aromatic N) is 1. The van der Waals surface area contributed by atoms with Crippen LogP contribution in [0.3, 0.4) is 0 Å². The van der Waals surface area contributed by atoms with Crippen LogP contribution in [-0.2, 0) is 15.6 Å². The average Bonchev–Trinajstić information content (AvgIpc) is 2.62. The summed E-state index contributed by atoms with van der Waals surface area (Å²) in [5.74, 6) is 0.332.